The van der Waals surface area contributed by atoms with Crippen LogP contribution in [-0.4, -0.2) is 0 Å². The number of nitrogens with zero attached hydrogens (tertiary/aromatic N) is 1. The Morgan fingerprint density at radius 2 is 0.966 bits per heavy atom. The van der Waals surface area contributed by atoms with Gasteiger partial charge in [-0.05, 0) is 127 Å². The third-order valence-electron chi connectivity index (χ3n) is 13.5. The van der Waals surface area contributed by atoms with Gasteiger partial charge in [0.15, 0.2) is 0 Å². The van der Waals surface area contributed by atoms with E-state index < -0.39 is 5.41 Å². The van der Waals surface area contributed by atoms with Crippen LogP contribution in [0.15, 0.2) is 200 Å². The van der Waals surface area contributed by atoms with E-state index in [1.165, 1.54) is 88.7 Å². The highest BCUT2D eigenvalue weighted by Gasteiger charge is 2.46. The van der Waals surface area contributed by atoms with Crippen molar-refractivity contribution in [2.75, 3.05) is 4.90 Å². The highest BCUT2D eigenvalue weighted by molar-refractivity contribution is 6.01. The quantitative estimate of drug-likeness (QED) is 0.163. The standard InChI is InChI=1S/C58H45N/c1-38-18-11-13-25-45(38)46-33-35-53-56(39(46)2)50-36-43(31-34-51(50)57(53,3)4)59(55-29-17-20-40-19-12-14-26-47(40)55)44-30-32-49-48-27-15-16-28-52(48)58(54(49)37-44,41-21-7-5-8-22-41)42-23-9-6-10-24-42/h5-37H,1-4H3. The normalized spacial score (nSPS) is 14.0. The van der Waals surface area contributed by atoms with Crippen LogP contribution in [0.2, 0.25) is 0 Å². The van der Waals surface area contributed by atoms with Crippen molar-refractivity contribution >= 4 is 27.8 Å². The van der Waals surface area contributed by atoms with Crippen LogP contribution in [0.4, 0.5) is 17.1 Å². The van der Waals surface area contributed by atoms with Gasteiger partial charge in [-0.15, -0.1) is 0 Å². The first-order valence-corrected chi connectivity index (χ1v) is 20.9. The zero-order valence-electron chi connectivity index (χ0n) is 34.0. The summed E-state index contributed by atoms with van der Waals surface area (Å²) in [6.07, 6.45) is 0. The van der Waals surface area contributed by atoms with Gasteiger partial charge in [-0.3, -0.25) is 0 Å². The maximum Gasteiger partial charge on any atom is 0.0714 e. The number of hydrogen-bond donors (Lipinski definition) is 0. The summed E-state index contributed by atoms with van der Waals surface area (Å²) in [6, 6.07) is 74.7. The van der Waals surface area contributed by atoms with Gasteiger partial charge in [-0.1, -0.05) is 184 Å². The number of aryl methyl sites for hydroxylation is 1. The van der Waals surface area contributed by atoms with Crippen molar-refractivity contribution in [2.24, 2.45) is 0 Å². The van der Waals surface area contributed by atoms with E-state index in [0.29, 0.717) is 0 Å². The lowest BCUT2D eigenvalue weighted by Gasteiger charge is -2.35. The Bertz CT molecular complexity index is 3050. The van der Waals surface area contributed by atoms with Crippen molar-refractivity contribution in [3.63, 3.8) is 0 Å². The second-order valence-electron chi connectivity index (χ2n) is 16.9. The third kappa shape index (κ3) is 5.11. The van der Waals surface area contributed by atoms with Crippen molar-refractivity contribution < 1.29 is 0 Å². The minimum atomic E-state index is -0.501. The van der Waals surface area contributed by atoms with Crippen molar-refractivity contribution in [3.05, 3.63) is 245 Å². The summed E-state index contributed by atoms with van der Waals surface area (Å²) in [5.41, 5.74) is 21.2. The summed E-state index contributed by atoms with van der Waals surface area (Å²) in [5, 5.41) is 2.44. The fourth-order valence-electron chi connectivity index (χ4n) is 10.7. The Morgan fingerprint density at radius 3 is 1.73 bits per heavy atom. The molecule has 0 spiro atoms. The number of hydrogen-bond acceptors (Lipinski definition) is 1. The Morgan fingerprint density at radius 1 is 0.390 bits per heavy atom. The molecule has 11 rings (SSSR count). The maximum absolute atomic E-state index is 2.51. The second kappa shape index (κ2) is 13.3. The van der Waals surface area contributed by atoms with Crippen LogP contribution in [-0.2, 0) is 10.8 Å². The molecule has 0 saturated carbocycles. The first-order valence-electron chi connectivity index (χ1n) is 20.9. The third-order valence-corrected chi connectivity index (χ3v) is 13.5. The van der Waals surface area contributed by atoms with Crippen molar-refractivity contribution in [1.29, 1.82) is 0 Å². The van der Waals surface area contributed by atoms with E-state index in [0.717, 1.165) is 17.1 Å². The van der Waals surface area contributed by atoms with Gasteiger partial charge in [-0.25, -0.2) is 0 Å². The van der Waals surface area contributed by atoms with Crippen LogP contribution in [0.5, 0.6) is 0 Å². The van der Waals surface area contributed by atoms with Gasteiger partial charge in [0, 0.05) is 22.2 Å². The van der Waals surface area contributed by atoms with Gasteiger partial charge in [0.05, 0.1) is 11.1 Å². The molecule has 0 saturated heterocycles. The van der Waals surface area contributed by atoms with Crippen LogP contribution < -0.4 is 4.90 Å². The van der Waals surface area contributed by atoms with E-state index >= 15 is 0 Å². The monoisotopic (exact) mass is 755 g/mol. The summed E-state index contributed by atoms with van der Waals surface area (Å²) in [6.45, 7) is 9.32. The van der Waals surface area contributed by atoms with Gasteiger partial charge in [0.2, 0.25) is 0 Å². The van der Waals surface area contributed by atoms with Crippen LogP contribution in [0.3, 0.4) is 0 Å². The van der Waals surface area contributed by atoms with E-state index in [4.69, 9.17) is 0 Å². The maximum atomic E-state index is 2.51. The Hall–Kier alpha value is -6.96. The molecule has 1 heteroatoms. The van der Waals surface area contributed by atoms with Crippen LogP contribution >= 0.6 is 0 Å². The summed E-state index contributed by atoms with van der Waals surface area (Å²) >= 11 is 0. The number of rotatable bonds is 6. The lowest BCUT2D eigenvalue weighted by atomic mass is 9.67. The molecular formula is C58H45N. The molecule has 0 heterocycles. The van der Waals surface area contributed by atoms with E-state index in [9.17, 15) is 0 Å². The molecule has 59 heavy (non-hydrogen) atoms. The Kier molecular flexibility index (Phi) is 7.94. The number of benzene rings is 9. The fourth-order valence-corrected chi connectivity index (χ4v) is 10.7. The predicted molar refractivity (Wildman–Crippen MR) is 248 cm³/mol. The van der Waals surface area contributed by atoms with Crippen molar-refractivity contribution in [2.45, 2.75) is 38.5 Å². The molecule has 0 unspecified atom stereocenters. The number of fused-ring (bicyclic) bond motifs is 7. The molecule has 0 amide bonds. The van der Waals surface area contributed by atoms with Crippen LogP contribution in [0.25, 0.3) is 44.2 Å². The predicted octanol–water partition coefficient (Wildman–Crippen LogP) is 15.3. The van der Waals surface area contributed by atoms with E-state index in [1.54, 1.807) is 0 Å². The minimum Gasteiger partial charge on any atom is -0.310 e. The molecular weight excluding hydrogens is 711 g/mol. The summed E-state index contributed by atoms with van der Waals surface area (Å²) in [5.74, 6) is 0. The van der Waals surface area contributed by atoms with E-state index in [-0.39, 0.29) is 5.41 Å². The van der Waals surface area contributed by atoms with Crippen molar-refractivity contribution in [1.82, 2.24) is 0 Å². The Balaban J connectivity index is 1.18. The van der Waals surface area contributed by atoms with E-state index in [1.807, 2.05) is 0 Å². The molecule has 2 aliphatic carbocycles. The molecule has 9 aromatic carbocycles. The summed E-state index contributed by atoms with van der Waals surface area (Å²) in [7, 11) is 0. The molecule has 0 radical (unpaired) electrons. The number of anilines is 3. The largest absolute Gasteiger partial charge is 0.310 e. The first kappa shape index (κ1) is 35.2. The SMILES string of the molecule is Cc1ccccc1-c1ccc2c(c1C)-c1cc(N(c3ccc4c(c3)C(c3ccccc3)(c3ccccc3)c3ccccc3-4)c3cccc4ccccc34)ccc1C2(C)C. The second-order valence-corrected chi connectivity index (χ2v) is 16.9. The molecule has 1 nitrogen and oxygen atoms in total. The molecule has 0 bridgehead atoms. The zero-order chi connectivity index (χ0) is 39.9. The molecule has 282 valence electrons. The molecule has 0 aromatic heterocycles. The molecule has 0 N–H and O–H groups in total. The molecule has 0 atom stereocenters. The molecule has 0 aliphatic heterocycles. The molecule has 0 fully saturated rings. The fraction of sp³-hybridized carbons (Fsp3) is 0.103. The minimum absolute atomic E-state index is 0.132. The van der Waals surface area contributed by atoms with Gasteiger partial charge in [0.1, 0.15) is 0 Å². The van der Waals surface area contributed by atoms with Gasteiger partial charge >= 0.3 is 0 Å². The summed E-state index contributed by atoms with van der Waals surface area (Å²) in [4.78, 5) is 2.51. The average molecular weight is 756 g/mol. The van der Waals surface area contributed by atoms with Crippen molar-refractivity contribution in [3.8, 4) is 33.4 Å². The zero-order valence-corrected chi connectivity index (χ0v) is 34.0. The first-order chi connectivity index (χ1) is 28.9. The highest BCUT2D eigenvalue weighted by Crippen LogP contribution is 2.58. The molecule has 9 aromatic rings. The lowest BCUT2D eigenvalue weighted by molar-refractivity contribution is 0.660. The van der Waals surface area contributed by atoms with Crippen LogP contribution in [0.1, 0.15) is 58.4 Å². The topological polar surface area (TPSA) is 3.24 Å². The average Bonchev–Trinajstić information content (AvgIpc) is 3.70. The highest BCUT2D eigenvalue weighted by atomic mass is 15.1. The van der Waals surface area contributed by atoms with Gasteiger partial charge in [0.25, 0.3) is 0 Å². The lowest BCUT2D eigenvalue weighted by Crippen LogP contribution is -2.28. The van der Waals surface area contributed by atoms with Gasteiger partial charge < -0.3 is 4.90 Å². The molecule has 2 aliphatic rings. The van der Waals surface area contributed by atoms with Gasteiger partial charge in [-0.2, -0.15) is 0 Å². The summed E-state index contributed by atoms with van der Waals surface area (Å²) < 4.78 is 0. The van der Waals surface area contributed by atoms with E-state index in [2.05, 4.69) is 233 Å². The Labute approximate surface area is 347 Å². The smallest absolute Gasteiger partial charge is 0.0714 e. The van der Waals surface area contributed by atoms with Crippen LogP contribution in [0, 0.1) is 13.8 Å².